The van der Waals surface area contributed by atoms with Crippen molar-refractivity contribution in [3.63, 3.8) is 0 Å². The first-order valence-electron chi connectivity index (χ1n) is 5.14. The molecule has 0 saturated carbocycles. The second-order valence-electron chi connectivity index (χ2n) is 3.47. The summed E-state index contributed by atoms with van der Waals surface area (Å²) >= 11 is 5.67. The Hall–Kier alpha value is -1.20. The van der Waals surface area contributed by atoms with Crippen LogP contribution in [0.3, 0.4) is 0 Å². The molecule has 1 heterocycles. The molecule has 0 spiro atoms. The van der Waals surface area contributed by atoms with Crippen molar-refractivity contribution in [3.05, 3.63) is 17.4 Å². The molecule has 0 fully saturated rings. The van der Waals surface area contributed by atoms with Crippen LogP contribution in [0.1, 0.15) is 19.8 Å². The maximum absolute atomic E-state index is 11.6. The maximum atomic E-state index is 11.6. The highest BCUT2D eigenvalue weighted by Gasteiger charge is 2.11. The van der Waals surface area contributed by atoms with Crippen molar-refractivity contribution in [2.75, 3.05) is 11.9 Å². The van der Waals surface area contributed by atoms with Crippen molar-refractivity contribution in [2.45, 2.75) is 19.8 Å². The maximum Gasteiger partial charge on any atom is 0.230 e. The predicted octanol–water partition coefficient (Wildman–Crippen LogP) is 1.44. The van der Waals surface area contributed by atoms with Crippen LogP contribution in [0, 0.1) is 5.92 Å². The van der Waals surface area contributed by atoms with Gasteiger partial charge in [0.1, 0.15) is 5.15 Å². The van der Waals surface area contributed by atoms with E-state index in [2.05, 4.69) is 15.3 Å². The molecule has 1 aromatic rings. The number of amides is 1. The number of nitrogens with two attached hydrogens (primary N) is 1. The Morgan fingerprint density at radius 3 is 3.00 bits per heavy atom. The Labute approximate surface area is 99.4 Å². The minimum absolute atomic E-state index is 0.139. The number of rotatable bonds is 5. The largest absolute Gasteiger partial charge is 0.330 e. The van der Waals surface area contributed by atoms with Crippen LogP contribution in [0.15, 0.2) is 12.3 Å². The second kappa shape index (κ2) is 6.40. The molecular weight excluding hydrogens is 228 g/mol. The third-order valence-electron chi connectivity index (χ3n) is 2.26. The molecule has 0 bridgehead atoms. The van der Waals surface area contributed by atoms with Gasteiger partial charge in [-0.05, 0) is 18.5 Å². The van der Waals surface area contributed by atoms with E-state index in [0.717, 1.165) is 6.42 Å². The number of carbonyl (C=O) groups excluding carboxylic acids is 1. The summed E-state index contributed by atoms with van der Waals surface area (Å²) in [6.45, 7) is 2.50. The van der Waals surface area contributed by atoms with E-state index in [4.69, 9.17) is 17.3 Å². The summed E-state index contributed by atoms with van der Waals surface area (Å²) in [5.74, 6) is 0.281. The van der Waals surface area contributed by atoms with Crippen LogP contribution in [-0.2, 0) is 4.79 Å². The Bertz CT molecular complexity index is 354. The molecule has 0 aliphatic rings. The minimum Gasteiger partial charge on any atom is -0.330 e. The fourth-order valence-electron chi connectivity index (χ4n) is 1.23. The molecule has 3 N–H and O–H groups in total. The summed E-state index contributed by atoms with van der Waals surface area (Å²) in [4.78, 5) is 19.3. The number of aromatic nitrogens is 2. The summed E-state index contributed by atoms with van der Waals surface area (Å²) < 4.78 is 0. The predicted molar refractivity (Wildman–Crippen MR) is 63.1 cm³/mol. The Balaban J connectivity index is 2.51. The number of nitrogens with zero attached hydrogens (tertiary/aromatic N) is 2. The molecule has 0 saturated heterocycles. The van der Waals surface area contributed by atoms with Crippen LogP contribution >= 0.6 is 11.6 Å². The van der Waals surface area contributed by atoms with Crippen molar-refractivity contribution in [3.8, 4) is 0 Å². The van der Waals surface area contributed by atoms with Crippen molar-refractivity contribution in [2.24, 2.45) is 11.7 Å². The van der Waals surface area contributed by atoms with E-state index in [1.54, 1.807) is 6.07 Å². The third kappa shape index (κ3) is 4.12. The zero-order valence-corrected chi connectivity index (χ0v) is 9.87. The SMILES string of the molecule is CCC(CN)CC(=O)Nc1nccc(Cl)n1. The Kier molecular flexibility index (Phi) is 5.14. The number of hydrogen-bond donors (Lipinski definition) is 2. The van der Waals surface area contributed by atoms with Gasteiger partial charge in [0.2, 0.25) is 11.9 Å². The van der Waals surface area contributed by atoms with Gasteiger partial charge in [-0.25, -0.2) is 9.97 Å². The third-order valence-corrected chi connectivity index (χ3v) is 2.47. The van der Waals surface area contributed by atoms with Crippen LogP contribution in [0.4, 0.5) is 5.95 Å². The molecule has 5 nitrogen and oxygen atoms in total. The Morgan fingerprint density at radius 1 is 1.69 bits per heavy atom. The lowest BCUT2D eigenvalue weighted by Gasteiger charge is -2.10. The zero-order valence-electron chi connectivity index (χ0n) is 9.11. The van der Waals surface area contributed by atoms with E-state index in [-0.39, 0.29) is 17.8 Å². The van der Waals surface area contributed by atoms with Gasteiger partial charge in [-0.3, -0.25) is 10.1 Å². The minimum atomic E-state index is -0.139. The monoisotopic (exact) mass is 242 g/mol. The van der Waals surface area contributed by atoms with Gasteiger partial charge in [0.15, 0.2) is 0 Å². The zero-order chi connectivity index (χ0) is 12.0. The molecule has 6 heteroatoms. The summed E-state index contributed by atoms with van der Waals surface area (Å²) in [6, 6.07) is 1.55. The average molecular weight is 243 g/mol. The summed E-state index contributed by atoms with van der Waals surface area (Å²) in [7, 11) is 0. The first kappa shape index (κ1) is 12.9. The van der Waals surface area contributed by atoms with E-state index in [1.807, 2.05) is 6.92 Å². The van der Waals surface area contributed by atoms with E-state index in [9.17, 15) is 4.79 Å². The summed E-state index contributed by atoms with van der Waals surface area (Å²) in [5.41, 5.74) is 5.52. The highest BCUT2D eigenvalue weighted by Crippen LogP contribution is 2.09. The normalized spacial score (nSPS) is 12.2. The molecule has 1 atom stereocenters. The Morgan fingerprint density at radius 2 is 2.44 bits per heavy atom. The van der Waals surface area contributed by atoms with Gasteiger partial charge < -0.3 is 5.73 Å². The number of anilines is 1. The fourth-order valence-corrected chi connectivity index (χ4v) is 1.37. The quantitative estimate of drug-likeness (QED) is 0.766. The van der Waals surface area contributed by atoms with Crippen LogP contribution in [0.5, 0.6) is 0 Å². The molecule has 1 amide bonds. The van der Waals surface area contributed by atoms with Gasteiger partial charge in [-0.15, -0.1) is 0 Å². The molecule has 1 aromatic heterocycles. The molecule has 0 aromatic carbocycles. The fraction of sp³-hybridized carbons (Fsp3) is 0.500. The summed E-state index contributed by atoms with van der Waals surface area (Å²) in [6.07, 6.45) is 2.74. The van der Waals surface area contributed by atoms with Gasteiger partial charge in [-0.1, -0.05) is 24.9 Å². The van der Waals surface area contributed by atoms with Gasteiger partial charge in [0, 0.05) is 12.6 Å². The molecule has 0 aliphatic carbocycles. The van der Waals surface area contributed by atoms with Crippen molar-refractivity contribution >= 4 is 23.5 Å². The number of nitrogens with one attached hydrogen (secondary N) is 1. The number of carbonyl (C=O) groups is 1. The van der Waals surface area contributed by atoms with Gasteiger partial charge >= 0.3 is 0 Å². The van der Waals surface area contributed by atoms with Gasteiger partial charge in [-0.2, -0.15) is 0 Å². The molecule has 1 rings (SSSR count). The van der Waals surface area contributed by atoms with E-state index < -0.39 is 0 Å². The lowest BCUT2D eigenvalue weighted by atomic mass is 10.0. The lowest BCUT2D eigenvalue weighted by molar-refractivity contribution is -0.117. The van der Waals surface area contributed by atoms with E-state index >= 15 is 0 Å². The van der Waals surface area contributed by atoms with E-state index in [0.29, 0.717) is 18.1 Å². The molecule has 88 valence electrons. The average Bonchev–Trinajstić information content (AvgIpc) is 2.26. The molecule has 1 unspecified atom stereocenters. The molecule has 0 radical (unpaired) electrons. The lowest BCUT2D eigenvalue weighted by Crippen LogP contribution is -2.22. The first-order valence-corrected chi connectivity index (χ1v) is 5.52. The second-order valence-corrected chi connectivity index (χ2v) is 3.85. The van der Waals surface area contributed by atoms with Crippen molar-refractivity contribution in [1.29, 1.82) is 0 Å². The van der Waals surface area contributed by atoms with E-state index in [1.165, 1.54) is 6.20 Å². The standard InChI is InChI=1S/C10H15ClN4O/c1-2-7(6-12)5-9(16)15-10-13-4-3-8(11)14-10/h3-4,7H,2,5-6,12H2,1H3,(H,13,14,15,16). The first-order chi connectivity index (χ1) is 7.65. The molecule has 16 heavy (non-hydrogen) atoms. The molecule has 0 aliphatic heterocycles. The number of hydrogen-bond acceptors (Lipinski definition) is 4. The smallest absolute Gasteiger partial charge is 0.230 e. The van der Waals surface area contributed by atoms with Gasteiger partial charge in [0.25, 0.3) is 0 Å². The van der Waals surface area contributed by atoms with Crippen molar-refractivity contribution < 1.29 is 4.79 Å². The van der Waals surface area contributed by atoms with Crippen LogP contribution in [-0.4, -0.2) is 22.4 Å². The molecular formula is C10H15ClN4O. The van der Waals surface area contributed by atoms with Crippen molar-refractivity contribution in [1.82, 2.24) is 9.97 Å². The topological polar surface area (TPSA) is 80.9 Å². The van der Waals surface area contributed by atoms with Crippen LogP contribution in [0.2, 0.25) is 5.15 Å². The highest BCUT2D eigenvalue weighted by molar-refractivity contribution is 6.29. The van der Waals surface area contributed by atoms with Crippen LogP contribution < -0.4 is 11.1 Å². The highest BCUT2D eigenvalue weighted by atomic mass is 35.5. The summed E-state index contributed by atoms with van der Waals surface area (Å²) in [5, 5.41) is 2.88. The van der Waals surface area contributed by atoms with Crippen LogP contribution in [0.25, 0.3) is 0 Å². The van der Waals surface area contributed by atoms with Gasteiger partial charge in [0.05, 0.1) is 0 Å². The number of halogens is 1.